The molecular formula is C14H19N3O2S. The third kappa shape index (κ3) is 4.47. The lowest BCUT2D eigenvalue weighted by molar-refractivity contribution is -0.122. The summed E-state index contributed by atoms with van der Waals surface area (Å²) in [5.41, 5.74) is 1.02. The minimum Gasteiger partial charge on any atom is -0.467 e. The van der Waals surface area contributed by atoms with Crippen LogP contribution in [0.5, 0.6) is 0 Å². The molecular weight excluding hydrogens is 274 g/mol. The lowest BCUT2D eigenvalue weighted by Crippen LogP contribution is -2.34. The average Bonchev–Trinajstić information content (AvgIpc) is 3.06. The second-order valence-electron chi connectivity index (χ2n) is 4.61. The largest absolute Gasteiger partial charge is 0.467 e. The summed E-state index contributed by atoms with van der Waals surface area (Å²) in [7, 11) is 1.91. The summed E-state index contributed by atoms with van der Waals surface area (Å²) in [5, 5.41) is 6.01. The number of carbonyl (C=O) groups excluding carboxylic acids is 1. The van der Waals surface area contributed by atoms with E-state index in [2.05, 4.69) is 22.6 Å². The fraction of sp³-hybridized carbons (Fsp3) is 0.429. The Balaban J connectivity index is 1.73. The van der Waals surface area contributed by atoms with Crippen LogP contribution in [-0.2, 0) is 24.3 Å². The first-order valence-electron chi connectivity index (χ1n) is 6.58. The highest BCUT2D eigenvalue weighted by atomic mass is 32.1. The molecule has 0 spiro atoms. The normalized spacial score (nSPS) is 10.9. The maximum absolute atomic E-state index is 11.8. The first kappa shape index (κ1) is 14.7. The van der Waals surface area contributed by atoms with E-state index >= 15 is 0 Å². The molecule has 0 aromatic carbocycles. The Hall–Kier alpha value is -1.66. The van der Waals surface area contributed by atoms with Gasteiger partial charge in [0.1, 0.15) is 5.76 Å². The van der Waals surface area contributed by atoms with Crippen molar-refractivity contribution in [3.8, 4) is 0 Å². The highest BCUT2D eigenvalue weighted by Crippen LogP contribution is 2.11. The first-order valence-corrected chi connectivity index (χ1v) is 7.46. The van der Waals surface area contributed by atoms with Crippen LogP contribution >= 0.6 is 11.3 Å². The Kier molecular flexibility index (Phi) is 5.31. The third-order valence-electron chi connectivity index (χ3n) is 2.79. The minimum absolute atomic E-state index is 0.0187. The number of furan rings is 1. The topological polar surface area (TPSA) is 58.4 Å². The van der Waals surface area contributed by atoms with Crippen LogP contribution in [-0.4, -0.2) is 29.4 Å². The molecule has 108 valence electrons. The lowest BCUT2D eigenvalue weighted by Gasteiger charge is -2.14. The van der Waals surface area contributed by atoms with E-state index in [0.717, 1.165) is 22.9 Å². The van der Waals surface area contributed by atoms with Crippen LogP contribution in [0.3, 0.4) is 0 Å². The predicted molar refractivity (Wildman–Crippen MR) is 78.4 cm³/mol. The molecule has 0 bridgehead atoms. The molecule has 5 nitrogen and oxygen atoms in total. The van der Waals surface area contributed by atoms with E-state index < -0.39 is 0 Å². The molecule has 0 atom stereocenters. The molecule has 0 saturated heterocycles. The number of nitrogens with zero attached hydrogens (tertiary/aromatic N) is 2. The molecule has 0 fully saturated rings. The van der Waals surface area contributed by atoms with E-state index in [1.165, 1.54) is 0 Å². The molecule has 2 rings (SSSR count). The van der Waals surface area contributed by atoms with Crippen molar-refractivity contribution in [1.29, 1.82) is 0 Å². The Labute approximate surface area is 122 Å². The number of aryl methyl sites for hydroxylation is 1. The van der Waals surface area contributed by atoms with E-state index in [4.69, 9.17) is 4.42 Å². The maximum atomic E-state index is 11.8. The summed E-state index contributed by atoms with van der Waals surface area (Å²) in [6.45, 7) is 3.55. The summed E-state index contributed by atoms with van der Waals surface area (Å²) in [6, 6.07) is 3.65. The van der Waals surface area contributed by atoms with Crippen LogP contribution < -0.4 is 5.32 Å². The number of rotatable bonds is 7. The van der Waals surface area contributed by atoms with E-state index in [1.807, 2.05) is 18.0 Å². The van der Waals surface area contributed by atoms with E-state index in [-0.39, 0.29) is 5.91 Å². The lowest BCUT2D eigenvalue weighted by atomic mass is 10.4. The number of hydrogen-bond donors (Lipinski definition) is 1. The summed E-state index contributed by atoms with van der Waals surface area (Å²) in [4.78, 5) is 18.2. The van der Waals surface area contributed by atoms with Gasteiger partial charge in [-0.1, -0.05) is 6.92 Å². The fourth-order valence-corrected chi connectivity index (χ4v) is 2.55. The molecule has 0 aliphatic heterocycles. The molecule has 2 heterocycles. The summed E-state index contributed by atoms with van der Waals surface area (Å²) in [6.07, 6.45) is 2.55. The standard InChI is InChI=1S/C14H19N3O2S/c1-3-14-16-11(10-20-14)8-17(2)9-13(18)15-7-12-5-4-6-19-12/h4-6,10H,3,7-9H2,1-2H3,(H,15,18). The molecule has 0 aliphatic rings. The van der Waals surface area contributed by atoms with E-state index in [1.54, 1.807) is 23.7 Å². The van der Waals surface area contributed by atoms with Crippen molar-refractivity contribution >= 4 is 17.2 Å². The molecule has 6 heteroatoms. The number of carbonyl (C=O) groups is 1. The van der Waals surface area contributed by atoms with Gasteiger partial charge in [0.05, 0.1) is 30.1 Å². The van der Waals surface area contributed by atoms with Crippen LogP contribution in [0.4, 0.5) is 0 Å². The van der Waals surface area contributed by atoms with Crippen molar-refractivity contribution in [2.24, 2.45) is 0 Å². The van der Waals surface area contributed by atoms with Gasteiger partial charge < -0.3 is 9.73 Å². The molecule has 2 aromatic heterocycles. The van der Waals surface area contributed by atoms with Gasteiger partial charge in [0.15, 0.2) is 0 Å². The van der Waals surface area contributed by atoms with Gasteiger partial charge in [-0.25, -0.2) is 4.98 Å². The summed E-state index contributed by atoms with van der Waals surface area (Å²) >= 11 is 1.67. The summed E-state index contributed by atoms with van der Waals surface area (Å²) in [5.74, 6) is 0.739. The van der Waals surface area contributed by atoms with E-state index in [9.17, 15) is 4.79 Å². The zero-order valence-corrected chi connectivity index (χ0v) is 12.6. The molecule has 0 radical (unpaired) electrons. The zero-order valence-electron chi connectivity index (χ0n) is 11.8. The van der Waals surface area contributed by atoms with Gasteiger partial charge in [-0.2, -0.15) is 0 Å². The number of nitrogens with one attached hydrogen (secondary N) is 1. The van der Waals surface area contributed by atoms with Crippen molar-refractivity contribution < 1.29 is 9.21 Å². The molecule has 1 N–H and O–H groups in total. The van der Waals surface area contributed by atoms with Gasteiger partial charge in [-0.3, -0.25) is 9.69 Å². The van der Waals surface area contributed by atoms with Crippen molar-refractivity contribution in [3.05, 3.63) is 40.2 Å². The Morgan fingerprint density at radius 3 is 3.05 bits per heavy atom. The second-order valence-corrected chi connectivity index (χ2v) is 5.56. The van der Waals surface area contributed by atoms with Crippen molar-refractivity contribution in [2.45, 2.75) is 26.4 Å². The third-order valence-corrected chi connectivity index (χ3v) is 3.83. The molecule has 0 saturated carbocycles. The molecule has 1 amide bonds. The van der Waals surface area contributed by atoms with Crippen LogP contribution in [0.25, 0.3) is 0 Å². The quantitative estimate of drug-likeness (QED) is 0.849. The van der Waals surface area contributed by atoms with Crippen LogP contribution in [0.2, 0.25) is 0 Å². The zero-order chi connectivity index (χ0) is 14.4. The Bertz CT molecular complexity index is 536. The van der Waals surface area contributed by atoms with E-state index in [0.29, 0.717) is 19.6 Å². The van der Waals surface area contributed by atoms with Crippen molar-refractivity contribution in [1.82, 2.24) is 15.2 Å². The molecule has 2 aromatic rings. The van der Waals surface area contributed by atoms with Crippen LogP contribution in [0.1, 0.15) is 23.4 Å². The first-order chi connectivity index (χ1) is 9.67. The number of likely N-dealkylation sites (N-methyl/N-ethyl adjacent to an activating group) is 1. The minimum atomic E-state index is -0.0187. The molecule has 20 heavy (non-hydrogen) atoms. The van der Waals surface area contributed by atoms with Gasteiger partial charge in [-0.15, -0.1) is 11.3 Å². The Morgan fingerprint density at radius 1 is 1.55 bits per heavy atom. The highest BCUT2D eigenvalue weighted by Gasteiger charge is 2.09. The van der Waals surface area contributed by atoms with Crippen LogP contribution in [0.15, 0.2) is 28.2 Å². The number of hydrogen-bond acceptors (Lipinski definition) is 5. The van der Waals surface area contributed by atoms with Gasteiger partial charge in [0, 0.05) is 11.9 Å². The van der Waals surface area contributed by atoms with Crippen molar-refractivity contribution in [2.75, 3.05) is 13.6 Å². The molecule has 0 aliphatic carbocycles. The SMILES string of the molecule is CCc1nc(CN(C)CC(=O)NCc2ccco2)cs1. The van der Waals surface area contributed by atoms with Gasteiger partial charge >= 0.3 is 0 Å². The number of thiazole rings is 1. The fourth-order valence-electron chi connectivity index (χ4n) is 1.82. The van der Waals surface area contributed by atoms with Gasteiger partial charge in [0.2, 0.25) is 5.91 Å². The second kappa shape index (κ2) is 7.21. The number of amides is 1. The molecule has 0 unspecified atom stereocenters. The summed E-state index contributed by atoms with van der Waals surface area (Å²) < 4.78 is 5.16. The smallest absolute Gasteiger partial charge is 0.234 e. The van der Waals surface area contributed by atoms with Crippen LogP contribution in [0, 0.1) is 0 Å². The average molecular weight is 293 g/mol. The highest BCUT2D eigenvalue weighted by molar-refractivity contribution is 7.09. The monoisotopic (exact) mass is 293 g/mol. The maximum Gasteiger partial charge on any atom is 0.234 e. The van der Waals surface area contributed by atoms with Crippen molar-refractivity contribution in [3.63, 3.8) is 0 Å². The Morgan fingerprint density at radius 2 is 2.40 bits per heavy atom. The number of aromatic nitrogens is 1. The predicted octanol–water partition coefficient (Wildman–Crippen LogP) is 2.05. The van der Waals surface area contributed by atoms with Gasteiger partial charge in [0.25, 0.3) is 0 Å². The van der Waals surface area contributed by atoms with Gasteiger partial charge in [-0.05, 0) is 25.6 Å².